The van der Waals surface area contributed by atoms with Crippen molar-refractivity contribution >= 4 is 26.8 Å². The molecule has 0 unspecified atom stereocenters. The van der Waals surface area contributed by atoms with Crippen LogP contribution < -0.4 is 10.7 Å². The number of nitrogen functional groups attached to an aromatic ring is 1. The standard InChI is InChI=1S/C13H18N4O2S/c1-20(18,19)11-7-5-6-10-12(11)15-13(14)17(10)16-8-3-2-4-9-16/h5-7H,2-4,8-9H2,1H3,(H2,14,15). The average Bonchev–Trinajstić information content (AvgIpc) is 2.74. The van der Waals surface area contributed by atoms with E-state index in [4.69, 9.17) is 5.73 Å². The van der Waals surface area contributed by atoms with Crippen LogP contribution in [0.25, 0.3) is 11.0 Å². The van der Waals surface area contributed by atoms with Crippen LogP contribution in [-0.4, -0.2) is 37.4 Å². The molecule has 2 aromatic rings. The Morgan fingerprint density at radius 1 is 1.20 bits per heavy atom. The van der Waals surface area contributed by atoms with Gasteiger partial charge in [0.1, 0.15) is 5.52 Å². The molecule has 1 saturated heterocycles. The highest BCUT2D eigenvalue weighted by Gasteiger charge is 2.21. The van der Waals surface area contributed by atoms with Crippen molar-refractivity contribution in [3.05, 3.63) is 18.2 Å². The molecule has 0 spiro atoms. The number of benzene rings is 1. The van der Waals surface area contributed by atoms with Crippen LogP contribution in [0.5, 0.6) is 0 Å². The number of hydrogen-bond donors (Lipinski definition) is 1. The van der Waals surface area contributed by atoms with Gasteiger partial charge < -0.3 is 10.7 Å². The number of imidazole rings is 1. The quantitative estimate of drug-likeness (QED) is 0.898. The molecule has 0 saturated carbocycles. The molecular weight excluding hydrogens is 276 g/mol. The van der Waals surface area contributed by atoms with Crippen molar-refractivity contribution in [2.45, 2.75) is 24.2 Å². The predicted octanol–water partition coefficient (Wildman–Crippen LogP) is 1.14. The second-order valence-corrected chi connectivity index (χ2v) is 7.18. The van der Waals surface area contributed by atoms with Crippen LogP contribution in [0.4, 0.5) is 5.95 Å². The number of nitrogens with two attached hydrogens (primary N) is 1. The van der Waals surface area contributed by atoms with Crippen LogP contribution in [0, 0.1) is 0 Å². The first kappa shape index (κ1) is 13.2. The zero-order valence-electron chi connectivity index (χ0n) is 11.4. The Bertz CT molecular complexity index is 745. The summed E-state index contributed by atoms with van der Waals surface area (Å²) in [6.07, 6.45) is 4.64. The van der Waals surface area contributed by atoms with E-state index in [1.54, 1.807) is 12.1 Å². The lowest BCUT2D eigenvalue weighted by Gasteiger charge is -2.30. The fraction of sp³-hybridized carbons (Fsp3) is 0.462. The molecule has 1 aromatic carbocycles. The number of sulfone groups is 1. The maximum Gasteiger partial charge on any atom is 0.220 e. The molecule has 1 aliphatic heterocycles. The number of fused-ring (bicyclic) bond motifs is 1. The molecule has 0 bridgehead atoms. The third-order valence-corrected chi connectivity index (χ3v) is 4.79. The molecule has 0 radical (unpaired) electrons. The van der Waals surface area contributed by atoms with Gasteiger partial charge in [-0.3, -0.25) is 0 Å². The lowest BCUT2D eigenvalue weighted by molar-refractivity contribution is 0.489. The molecule has 20 heavy (non-hydrogen) atoms. The Morgan fingerprint density at radius 2 is 1.90 bits per heavy atom. The number of para-hydroxylation sites is 1. The van der Waals surface area contributed by atoms with Crippen molar-refractivity contribution in [2.24, 2.45) is 0 Å². The number of anilines is 1. The average molecular weight is 294 g/mol. The van der Waals surface area contributed by atoms with Gasteiger partial charge in [0.25, 0.3) is 0 Å². The van der Waals surface area contributed by atoms with Crippen molar-refractivity contribution in [3.8, 4) is 0 Å². The Balaban J connectivity index is 2.21. The highest BCUT2D eigenvalue weighted by molar-refractivity contribution is 7.91. The molecule has 6 nitrogen and oxygen atoms in total. The van der Waals surface area contributed by atoms with Gasteiger partial charge in [0.2, 0.25) is 5.95 Å². The molecule has 0 amide bonds. The molecule has 7 heteroatoms. The largest absolute Gasteiger partial charge is 0.368 e. The first-order valence-corrected chi connectivity index (χ1v) is 8.60. The maximum atomic E-state index is 11.8. The predicted molar refractivity (Wildman–Crippen MR) is 79.1 cm³/mol. The lowest BCUT2D eigenvalue weighted by Crippen LogP contribution is -2.39. The molecule has 0 aliphatic carbocycles. The van der Waals surface area contributed by atoms with Crippen molar-refractivity contribution in [3.63, 3.8) is 0 Å². The lowest BCUT2D eigenvalue weighted by atomic mass is 10.2. The van der Waals surface area contributed by atoms with E-state index in [-0.39, 0.29) is 4.90 Å². The summed E-state index contributed by atoms with van der Waals surface area (Å²) >= 11 is 0. The minimum absolute atomic E-state index is 0.234. The summed E-state index contributed by atoms with van der Waals surface area (Å²) in [5.74, 6) is 0.345. The Labute approximate surface area is 118 Å². The molecular formula is C13H18N4O2S. The first-order valence-electron chi connectivity index (χ1n) is 6.71. The molecule has 3 rings (SSSR count). The maximum absolute atomic E-state index is 11.8. The molecule has 1 aromatic heterocycles. The smallest absolute Gasteiger partial charge is 0.220 e. The van der Waals surface area contributed by atoms with Crippen LogP contribution in [0.3, 0.4) is 0 Å². The van der Waals surface area contributed by atoms with E-state index in [9.17, 15) is 8.42 Å². The number of piperidine rings is 1. The van der Waals surface area contributed by atoms with Gasteiger partial charge in [-0.15, -0.1) is 0 Å². The van der Waals surface area contributed by atoms with E-state index in [1.165, 1.54) is 12.7 Å². The molecule has 0 atom stereocenters. The Kier molecular flexibility index (Phi) is 3.08. The summed E-state index contributed by atoms with van der Waals surface area (Å²) in [4.78, 5) is 4.51. The summed E-state index contributed by atoms with van der Waals surface area (Å²) in [7, 11) is -3.31. The van der Waals surface area contributed by atoms with E-state index in [0.717, 1.165) is 31.4 Å². The summed E-state index contributed by atoms with van der Waals surface area (Å²) in [5.41, 5.74) is 7.23. The zero-order chi connectivity index (χ0) is 14.3. The number of nitrogens with zero attached hydrogens (tertiary/aromatic N) is 3. The van der Waals surface area contributed by atoms with Gasteiger partial charge in [0, 0.05) is 19.3 Å². The third-order valence-electron chi connectivity index (χ3n) is 3.66. The fourth-order valence-corrected chi connectivity index (χ4v) is 3.58. The number of aromatic nitrogens is 2. The van der Waals surface area contributed by atoms with Gasteiger partial charge in [-0.25, -0.2) is 18.1 Å². The van der Waals surface area contributed by atoms with Crippen molar-refractivity contribution in [1.82, 2.24) is 9.66 Å². The topological polar surface area (TPSA) is 81.2 Å². The second-order valence-electron chi connectivity index (χ2n) is 5.19. The molecule has 1 aliphatic rings. The van der Waals surface area contributed by atoms with E-state index in [2.05, 4.69) is 9.99 Å². The van der Waals surface area contributed by atoms with Gasteiger partial charge >= 0.3 is 0 Å². The summed E-state index contributed by atoms with van der Waals surface area (Å²) in [5, 5.41) is 2.14. The minimum atomic E-state index is -3.31. The highest BCUT2D eigenvalue weighted by atomic mass is 32.2. The number of rotatable bonds is 2. The molecule has 2 heterocycles. The van der Waals surface area contributed by atoms with Crippen LogP contribution in [-0.2, 0) is 9.84 Å². The van der Waals surface area contributed by atoms with Crippen LogP contribution in [0.1, 0.15) is 19.3 Å². The van der Waals surface area contributed by atoms with E-state index in [0.29, 0.717) is 11.5 Å². The van der Waals surface area contributed by atoms with Gasteiger partial charge in [-0.2, -0.15) is 0 Å². The van der Waals surface area contributed by atoms with Crippen molar-refractivity contribution in [2.75, 3.05) is 30.1 Å². The summed E-state index contributed by atoms with van der Waals surface area (Å²) in [6, 6.07) is 5.17. The molecule has 1 fully saturated rings. The van der Waals surface area contributed by atoms with Gasteiger partial charge in [0.05, 0.1) is 10.4 Å². The molecule has 108 valence electrons. The van der Waals surface area contributed by atoms with Gasteiger partial charge in [-0.05, 0) is 31.4 Å². The first-order chi connectivity index (χ1) is 9.48. The van der Waals surface area contributed by atoms with Crippen LogP contribution in [0.15, 0.2) is 23.1 Å². The normalized spacial score (nSPS) is 16.8. The summed E-state index contributed by atoms with van der Waals surface area (Å²) in [6.45, 7) is 1.83. The van der Waals surface area contributed by atoms with Gasteiger partial charge in [0.15, 0.2) is 9.84 Å². The Hall–Kier alpha value is -1.76. The monoisotopic (exact) mass is 294 g/mol. The van der Waals surface area contributed by atoms with Crippen LogP contribution >= 0.6 is 0 Å². The SMILES string of the molecule is CS(=O)(=O)c1cccc2c1nc(N)n2N1CCCCC1. The second kappa shape index (κ2) is 4.66. The number of hydrogen-bond acceptors (Lipinski definition) is 5. The van der Waals surface area contributed by atoms with Crippen molar-refractivity contribution < 1.29 is 8.42 Å². The summed E-state index contributed by atoms with van der Waals surface area (Å²) < 4.78 is 25.5. The van der Waals surface area contributed by atoms with Crippen LogP contribution in [0.2, 0.25) is 0 Å². The third kappa shape index (κ3) is 2.11. The molecule has 2 N–H and O–H groups in total. The van der Waals surface area contributed by atoms with E-state index >= 15 is 0 Å². The highest BCUT2D eigenvalue weighted by Crippen LogP contribution is 2.26. The van der Waals surface area contributed by atoms with E-state index in [1.807, 2.05) is 10.7 Å². The zero-order valence-corrected chi connectivity index (χ0v) is 12.2. The minimum Gasteiger partial charge on any atom is -0.368 e. The van der Waals surface area contributed by atoms with Crippen molar-refractivity contribution in [1.29, 1.82) is 0 Å². The van der Waals surface area contributed by atoms with E-state index < -0.39 is 9.84 Å². The Morgan fingerprint density at radius 3 is 2.55 bits per heavy atom. The van der Waals surface area contributed by atoms with Gasteiger partial charge in [-0.1, -0.05) is 6.07 Å². The fourth-order valence-electron chi connectivity index (χ4n) is 2.75.